The fourth-order valence-corrected chi connectivity index (χ4v) is 10.1. The topological polar surface area (TPSA) is 185 Å². The van der Waals surface area contributed by atoms with Gasteiger partial charge < -0.3 is 20.6 Å². The van der Waals surface area contributed by atoms with Crippen LogP contribution in [0.25, 0.3) is 0 Å². The van der Waals surface area contributed by atoms with Crippen LogP contribution in [0.2, 0.25) is 0 Å². The van der Waals surface area contributed by atoms with Gasteiger partial charge >= 0.3 is 0 Å². The van der Waals surface area contributed by atoms with Crippen LogP contribution in [-0.2, 0) is 30.1 Å². The van der Waals surface area contributed by atoms with Gasteiger partial charge in [0.05, 0.1) is 14.7 Å². The molecule has 0 saturated carbocycles. The van der Waals surface area contributed by atoms with Crippen LogP contribution < -0.4 is 5.32 Å². The molecule has 1 fully saturated rings. The van der Waals surface area contributed by atoms with Gasteiger partial charge in [-0.25, -0.2) is 25.3 Å². The maximum atomic E-state index is 14.0. The Morgan fingerprint density at radius 2 is 0.756 bits per heavy atom. The summed E-state index contributed by atoms with van der Waals surface area (Å²) in [6, 6.07) is 11.9. The second-order valence-electron chi connectivity index (χ2n) is 10.8. The zero-order valence-electron chi connectivity index (χ0n) is 25.2. The van der Waals surface area contributed by atoms with Gasteiger partial charge in [0.1, 0.15) is 17.2 Å². The summed E-state index contributed by atoms with van der Waals surface area (Å²) >= 11 is 0. The predicted octanol–water partition coefficient (Wildman–Crippen LogP) is 1.70. The van der Waals surface area contributed by atoms with Gasteiger partial charge in [0.15, 0.2) is 0 Å². The number of rotatable bonds is 6. The number of nitrogens with one attached hydrogen (secondary N) is 1. The largest absolute Gasteiger partial charge is 0.508 e. The molecule has 0 atom stereocenters. The highest BCUT2D eigenvalue weighted by Crippen LogP contribution is 2.28. The maximum Gasteiger partial charge on any atom is 0.243 e. The van der Waals surface area contributed by atoms with E-state index in [2.05, 4.69) is 5.32 Å². The lowest BCUT2D eigenvalue weighted by molar-refractivity contribution is 0.303. The van der Waals surface area contributed by atoms with E-state index in [1.54, 1.807) is 20.8 Å². The molecule has 0 aliphatic carbocycles. The molecule has 246 valence electrons. The molecule has 0 aromatic heterocycles. The van der Waals surface area contributed by atoms with E-state index in [-0.39, 0.29) is 84.3 Å². The number of phenols is 3. The minimum absolute atomic E-state index is 0.0745. The summed E-state index contributed by atoms with van der Waals surface area (Å²) in [5, 5.41) is 33.2. The zero-order chi connectivity index (χ0) is 33.2. The van der Waals surface area contributed by atoms with Crippen molar-refractivity contribution in [1.82, 2.24) is 18.2 Å². The van der Waals surface area contributed by atoms with Crippen molar-refractivity contribution in [3.63, 3.8) is 0 Å². The number of benzene rings is 3. The third-order valence-electron chi connectivity index (χ3n) is 7.64. The summed E-state index contributed by atoms with van der Waals surface area (Å²) in [5.74, 6) is -0.760. The molecule has 4 rings (SSSR count). The quantitative estimate of drug-likeness (QED) is 0.298. The molecular weight excluding hydrogens is 645 g/mol. The van der Waals surface area contributed by atoms with Crippen molar-refractivity contribution in [3.8, 4) is 17.2 Å². The van der Waals surface area contributed by atoms with E-state index in [4.69, 9.17) is 0 Å². The second-order valence-corrected chi connectivity index (χ2v) is 16.5. The summed E-state index contributed by atoms with van der Waals surface area (Å²) in [6.07, 6.45) is 0. The molecule has 0 radical (unpaired) electrons. The van der Waals surface area contributed by atoms with Crippen LogP contribution in [0.1, 0.15) is 16.7 Å². The minimum atomic E-state index is -4.37. The molecule has 1 aliphatic rings. The molecule has 0 amide bonds. The Hall–Kier alpha value is -3.25. The van der Waals surface area contributed by atoms with E-state index >= 15 is 0 Å². The Labute approximate surface area is 264 Å². The molecule has 1 heterocycles. The molecule has 1 saturated heterocycles. The van der Waals surface area contributed by atoms with Crippen LogP contribution >= 0.6 is 0 Å². The first-order valence-electron chi connectivity index (χ1n) is 14.1. The van der Waals surface area contributed by atoms with Crippen LogP contribution in [-0.4, -0.2) is 106 Å². The highest BCUT2D eigenvalue weighted by atomic mass is 32.2. The maximum absolute atomic E-state index is 14.0. The minimum Gasteiger partial charge on any atom is -0.508 e. The van der Waals surface area contributed by atoms with Crippen LogP contribution in [0.4, 0.5) is 0 Å². The van der Waals surface area contributed by atoms with Gasteiger partial charge in [-0.3, -0.25) is 0 Å². The Bertz CT molecular complexity index is 1790. The summed E-state index contributed by atoms with van der Waals surface area (Å²) in [7, 11) is -12.7. The van der Waals surface area contributed by atoms with Crippen LogP contribution in [0, 0.1) is 20.8 Å². The van der Waals surface area contributed by atoms with E-state index in [1.165, 1.54) is 36.4 Å². The van der Waals surface area contributed by atoms with Gasteiger partial charge in [-0.1, -0.05) is 18.2 Å². The van der Waals surface area contributed by atoms with Crippen molar-refractivity contribution in [1.29, 1.82) is 0 Å². The number of phenolic OH excluding ortho intramolecular Hbond substituents is 3. The molecule has 0 bridgehead atoms. The number of nitrogens with zero attached hydrogens (tertiary/aromatic N) is 3. The fourth-order valence-electron chi connectivity index (χ4n) is 5.05. The third kappa shape index (κ3) is 7.60. The molecule has 16 heteroatoms. The first-order valence-corrected chi connectivity index (χ1v) is 18.5. The van der Waals surface area contributed by atoms with E-state index in [0.717, 1.165) is 31.1 Å². The Morgan fingerprint density at radius 3 is 1.04 bits per heavy atom. The van der Waals surface area contributed by atoms with Gasteiger partial charge in [0, 0.05) is 70.6 Å². The van der Waals surface area contributed by atoms with Crippen LogP contribution in [0.3, 0.4) is 0 Å². The second kappa shape index (κ2) is 13.6. The van der Waals surface area contributed by atoms with Gasteiger partial charge in [-0.2, -0.15) is 12.9 Å². The lowest BCUT2D eigenvalue weighted by Gasteiger charge is -2.31. The summed E-state index contributed by atoms with van der Waals surface area (Å²) in [5.41, 5.74) is 1.13. The molecule has 3 aromatic carbocycles. The van der Waals surface area contributed by atoms with Crippen molar-refractivity contribution in [3.05, 3.63) is 71.3 Å². The number of aryl methyl sites for hydroxylation is 3. The SMILES string of the molecule is Cc1ccc(O)cc1S(=O)(=O)N1CCNCCN(S(=O)(=O)c2cc(O)ccc2C)CCN(S(=O)(=O)c2cc(O)ccc2C)CC1. The molecule has 4 N–H and O–H groups in total. The van der Waals surface area contributed by atoms with Gasteiger partial charge in [-0.05, 0) is 55.7 Å². The molecule has 13 nitrogen and oxygen atoms in total. The highest BCUT2D eigenvalue weighted by Gasteiger charge is 2.33. The van der Waals surface area contributed by atoms with E-state index < -0.39 is 30.1 Å². The van der Waals surface area contributed by atoms with E-state index in [9.17, 15) is 40.6 Å². The van der Waals surface area contributed by atoms with Gasteiger partial charge in [-0.15, -0.1) is 0 Å². The van der Waals surface area contributed by atoms with E-state index in [0.29, 0.717) is 16.7 Å². The predicted molar refractivity (Wildman–Crippen MR) is 168 cm³/mol. The van der Waals surface area contributed by atoms with Crippen LogP contribution in [0.15, 0.2) is 69.3 Å². The molecular formula is C29H38N4O9S3. The molecule has 0 unspecified atom stereocenters. The van der Waals surface area contributed by atoms with Crippen molar-refractivity contribution in [2.45, 2.75) is 35.5 Å². The van der Waals surface area contributed by atoms with Gasteiger partial charge in [0.2, 0.25) is 30.1 Å². The van der Waals surface area contributed by atoms with Crippen molar-refractivity contribution in [2.24, 2.45) is 0 Å². The Balaban J connectivity index is 1.75. The average Bonchev–Trinajstić information content (AvgIpc) is 2.96. The number of hydrogen-bond acceptors (Lipinski definition) is 10. The Kier molecular flexibility index (Phi) is 10.5. The van der Waals surface area contributed by atoms with Crippen LogP contribution in [0.5, 0.6) is 17.2 Å². The monoisotopic (exact) mass is 682 g/mol. The Morgan fingerprint density at radius 1 is 0.489 bits per heavy atom. The lowest BCUT2D eigenvalue weighted by atomic mass is 10.2. The van der Waals surface area contributed by atoms with Crippen molar-refractivity contribution >= 4 is 30.1 Å². The zero-order valence-corrected chi connectivity index (χ0v) is 27.7. The van der Waals surface area contributed by atoms with Crippen molar-refractivity contribution < 1.29 is 40.6 Å². The van der Waals surface area contributed by atoms with Crippen molar-refractivity contribution in [2.75, 3.05) is 52.4 Å². The molecule has 1 aliphatic heterocycles. The first kappa shape index (κ1) is 34.6. The highest BCUT2D eigenvalue weighted by molar-refractivity contribution is 7.90. The lowest BCUT2D eigenvalue weighted by Crippen LogP contribution is -2.48. The summed E-state index contributed by atoms with van der Waals surface area (Å²) in [4.78, 5) is -0.439. The van der Waals surface area contributed by atoms with E-state index in [1.807, 2.05) is 0 Å². The normalized spacial score (nSPS) is 17.4. The smallest absolute Gasteiger partial charge is 0.243 e. The standard InChI is InChI=1S/C29H38N4O9S3/c1-21-4-7-24(34)18-27(21)43(37,38)31-12-10-30-11-13-32(44(39,40)28-19-25(35)8-5-22(28)2)15-17-33(16-14-31)45(41,42)29-20-26(36)9-6-23(29)3/h4-9,18-20,30,34-36H,10-17H2,1-3H3. The molecule has 45 heavy (non-hydrogen) atoms. The number of aromatic hydroxyl groups is 3. The fraction of sp³-hybridized carbons (Fsp3) is 0.379. The average molecular weight is 683 g/mol. The molecule has 0 spiro atoms. The van der Waals surface area contributed by atoms with Gasteiger partial charge in [0.25, 0.3) is 0 Å². The molecule has 3 aromatic rings. The third-order valence-corrected chi connectivity index (χ3v) is 13.8. The summed E-state index contributed by atoms with van der Waals surface area (Å²) < 4.78 is 86.5. The number of sulfonamides is 3. The number of hydrogen-bond donors (Lipinski definition) is 4. The summed E-state index contributed by atoms with van der Waals surface area (Å²) in [6.45, 7) is 3.58. The first-order chi connectivity index (χ1) is 21.0.